The summed E-state index contributed by atoms with van der Waals surface area (Å²) in [6, 6.07) is 11.4. The van der Waals surface area contributed by atoms with Gasteiger partial charge < -0.3 is 14.8 Å². The Morgan fingerprint density at radius 2 is 1.84 bits per heavy atom. The molecule has 2 heterocycles. The summed E-state index contributed by atoms with van der Waals surface area (Å²) in [5.41, 5.74) is 11.2. The fraction of sp³-hybridized carbons (Fsp3) is 0.393. The number of hydrogen-bond donors (Lipinski definition) is 1. The lowest BCUT2D eigenvalue weighted by Gasteiger charge is -2.39. The largest absolute Gasteiger partial charge is 0.368 e. The molecule has 0 spiro atoms. The smallest absolute Gasteiger partial charge is 0.219 e. The molecule has 0 bridgehead atoms. The van der Waals surface area contributed by atoms with Crippen molar-refractivity contribution in [2.24, 2.45) is 0 Å². The van der Waals surface area contributed by atoms with Gasteiger partial charge in [-0.1, -0.05) is 39.5 Å². The van der Waals surface area contributed by atoms with Gasteiger partial charge in [0.1, 0.15) is 0 Å². The Morgan fingerprint density at radius 1 is 1.12 bits per heavy atom. The van der Waals surface area contributed by atoms with Gasteiger partial charge in [0.2, 0.25) is 5.91 Å². The summed E-state index contributed by atoms with van der Waals surface area (Å²) in [7, 11) is 0. The molecule has 32 heavy (non-hydrogen) atoms. The van der Waals surface area contributed by atoms with E-state index in [1.807, 2.05) is 4.90 Å². The van der Waals surface area contributed by atoms with Crippen LogP contribution in [0.5, 0.6) is 0 Å². The van der Waals surface area contributed by atoms with Gasteiger partial charge in [0.25, 0.3) is 0 Å². The first-order valence-electron chi connectivity index (χ1n) is 11.7. The number of aromatic amines is 1. The predicted octanol–water partition coefficient (Wildman–Crippen LogP) is 5.41. The second-order valence-electron chi connectivity index (χ2n) is 9.90. The molecule has 1 aliphatic heterocycles. The van der Waals surface area contributed by atoms with Crippen LogP contribution in [-0.4, -0.2) is 42.0 Å². The van der Waals surface area contributed by atoms with Gasteiger partial charge in [-0.2, -0.15) is 0 Å². The number of hydrogen-bond acceptors (Lipinski definition) is 2. The van der Waals surface area contributed by atoms with Crippen LogP contribution in [0.4, 0.5) is 5.69 Å². The number of nitrogens with zero attached hydrogens (tertiary/aromatic N) is 2. The maximum absolute atomic E-state index is 11.8. The standard InChI is InChI=1S/C28H33N3O/c1-7-20-15-22-18(3)26-21-9-8-17(2)14-24(21)29-27(26)28(5,6)23(22)16-25(20)31-12-10-30(11-13-31)19(4)32/h8-9,14-16,29H,3,7,10-13H2,1-2,4-6H3. The van der Waals surface area contributed by atoms with E-state index < -0.39 is 0 Å². The highest BCUT2D eigenvalue weighted by Gasteiger charge is 2.38. The normalized spacial score (nSPS) is 17.5. The lowest BCUT2D eigenvalue weighted by molar-refractivity contribution is -0.129. The van der Waals surface area contributed by atoms with Crippen LogP contribution < -0.4 is 4.90 Å². The number of benzene rings is 2. The highest BCUT2D eigenvalue weighted by molar-refractivity contribution is 6.01. The fourth-order valence-corrected chi connectivity index (χ4v) is 5.60. The van der Waals surface area contributed by atoms with Crippen molar-refractivity contribution < 1.29 is 4.79 Å². The van der Waals surface area contributed by atoms with E-state index in [0.29, 0.717) is 0 Å². The summed E-state index contributed by atoms with van der Waals surface area (Å²) in [6.45, 7) is 18.6. The zero-order valence-electron chi connectivity index (χ0n) is 19.9. The van der Waals surface area contributed by atoms with Crippen molar-refractivity contribution in [3.63, 3.8) is 0 Å². The first-order valence-corrected chi connectivity index (χ1v) is 11.7. The summed E-state index contributed by atoms with van der Waals surface area (Å²) in [4.78, 5) is 19.9. The Labute approximate surface area is 190 Å². The average Bonchev–Trinajstić information content (AvgIpc) is 3.16. The third-order valence-corrected chi connectivity index (χ3v) is 7.54. The number of rotatable bonds is 2. The van der Waals surface area contributed by atoms with Gasteiger partial charge in [-0.3, -0.25) is 4.79 Å². The van der Waals surface area contributed by atoms with Crippen molar-refractivity contribution in [3.8, 4) is 0 Å². The molecular formula is C28H33N3O. The van der Waals surface area contributed by atoms with Crippen molar-refractivity contribution in [3.05, 3.63) is 70.4 Å². The SMILES string of the molecule is C=C1c2cc(CC)c(N3CCN(C(C)=O)CC3)cc2C(C)(C)c2[nH]c3cc(C)ccc3c21. The number of fused-ring (bicyclic) bond motifs is 4. The van der Waals surface area contributed by atoms with Gasteiger partial charge in [-0.15, -0.1) is 0 Å². The molecule has 0 atom stereocenters. The zero-order chi connectivity index (χ0) is 22.8. The number of piperazine rings is 1. The quantitative estimate of drug-likeness (QED) is 0.594. The van der Waals surface area contributed by atoms with E-state index in [-0.39, 0.29) is 11.3 Å². The Kier molecular flexibility index (Phi) is 4.74. The molecule has 2 aliphatic rings. The molecule has 2 aromatic carbocycles. The monoisotopic (exact) mass is 427 g/mol. The number of carbonyl (C=O) groups is 1. The number of aromatic nitrogens is 1. The van der Waals surface area contributed by atoms with E-state index >= 15 is 0 Å². The average molecular weight is 428 g/mol. The molecule has 4 heteroatoms. The minimum absolute atomic E-state index is 0.152. The topological polar surface area (TPSA) is 39.3 Å². The number of aryl methyl sites for hydroxylation is 2. The molecule has 1 fully saturated rings. The van der Waals surface area contributed by atoms with Crippen LogP contribution in [-0.2, 0) is 16.6 Å². The van der Waals surface area contributed by atoms with E-state index in [4.69, 9.17) is 0 Å². The number of nitrogens with one attached hydrogen (secondary N) is 1. The number of H-pyrrole nitrogens is 1. The summed E-state index contributed by atoms with van der Waals surface area (Å²) in [5.74, 6) is 0.171. The summed E-state index contributed by atoms with van der Waals surface area (Å²) >= 11 is 0. The van der Waals surface area contributed by atoms with E-state index in [9.17, 15) is 4.79 Å². The van der Waals surface area contributed by atoms with Crippen LogP contribution in [0, 0.1) is 6.92 Å². The first-order chi connectivity index (χ1) is 15.2. The van der Waals surface area contributed by atoms with E-state index in [1.165, 1.54) is 50.1 Å². The summed E-state index contributed by atoms with van der Waals surface area (Å²) < 4.78 is 0. The molecule has 1 amide bonds. The molecule has 1 aliphatic carbocycles. The summed E-state index contributed by atoms with van der Waals surface area (Å²) in [5, 5.41) is 1.26. The van der Waals surface area contributed by atoms with E-state index in [0.717, 1.165) is 38.2 Å². The maximum atomic E-state index is 11.8. The van der Waals surface area contributed by atoms with Crippen LogP contribution in [0.1, 0.15) is 61.2 Å². The van der Waals surface area contributed by atoms with Crippen molar-refractivity contribution in [2.45, 2.75) is 46.5 Å². The predicted molar refractivity (Wildman–Crippen MR) is 134 cm³/mol. The molecule has 1 N–H and O–H groups in total. The second kappa shape index (κ2) is 7.26. The van der Waals surface area contributed by atoms with Gasteiger partial charge in [0, 0.05) is 66.4 Å². The Morgan fingerprint density at radius 3 is 2.50 bits per heavy atom. The van der Waals surface area contributed by atoms with Gasteiger partial charge in [-0.25, -0.2) is 0 Å². The van der Waals surface area contributed by atoms with Crippen LogP contribution >= 0.6 is 0 Å². The first kappa shape index (κ1) is 20.9. The highest BCUT2D eigenvalue weighted by atomic mass is 16.2. The summed E-state index contributed by atoms with van der Waals surface area (Å²) in [6.07, 6.45) is 0.975. The maximum Gasteiger partial charge on any atom is 0.219 e. The lowest BCUT2D eigenvalue weighted by atomic mass is 9.69. The highest BCUT2D eigenvalue weighted by Crippen LogP contribution is 2.49. The van der Waals surface area contributed by atoms with E-state index in [1.54, 1.807) is 6.92 Å². The van der Waals surface area contributed by atoms with Crippen LogP contribution in [0.25, 0.3) is 16.5 Å². The minimum atomic E-state index is -0.152. The molecule has 0 saturated carbocycles. The Bertz CT molecular complexity index is 1260. The second-order valence-corrected chi connectivity index (χ2v) is 9.90. The molecule has 0 unspecified atom stereocenters. The minimum Gasteiger partial charge on any atom is -0.368 e. The van der Waals surface area contributed by atoms with Crippen LogP contribution in [0.3, 0.4) is 0 Å². The zero-order valence-corrected chi connectivity index (χ0v) is 19.9. The molecule has 166 valence electrons. The molecule has 5 rings (SSSR count). The third kappa shape index (κ3) is 3.00. The van der Waals surface area contributed by atoms with Crippen molar-refractivity contribution >= 4 is 28.1 Å². The Hall–Kier alpha value is -3.01. The van der Waals surface area contributed by atoms with Crippen molar-refractivity contribution in [1.29, 1.82) is 0 Å². The van der Waals surface area contributed by atoms with E-state index in [2.05, 4.69) is 74.5 Å². The molecular weight excluding hydrogens is 394 g/mol. The van der Waals surface area contributed by atoms with Gasteiger partial charge >= 0.3 is 0 Å². The molecule has 1 aromatic heterocycles. The van der Waals surface area contributed by atoms with Crippen molar-refractivity contribution in [1.82, 2.24) is 9.88 Å². The number of anilines is 1. The van der Waals surface area contributed by atoms with Gasteiger partial charge in [0.05, 0.1) is 0 Å². The van der Waals surface area contributed by atoms with Gasteiger partial charge in [0.15, 0.2) is 0 Å². The lowest BCUT2D eigenvalue weighted by Crippen LogP contribution is -2.48. The van der Waals surface area contributed by atoms with Crippen molar-refractivity contribution in [2.75, 3.05) is 31.1 Å². The molecule has 3 aromatic rings. The number of carbonyl (C=O) groups excluding carboxylic acids is 1. The van der Waals surface area contributed by atoms with Crippen LogP contribution in [0.2, 0.25) is 0 Å². The van der Waals surface area contributed by atoms with Crippen LogP contribution in [0.15, 0.2) is 36.9 Å². The molecule has 4 nitrogen and oxygen atoms in total. The molecule has 1 saturated heterocycles. The fourth-order valence-electron chi connectivity index (χ4n) is 5.60. The third-order valence-electron chi connectivity index (χ3n) is 7.54. The molecule has 0 radical (unpaired) electrons. The number of amides is 1. The Balaban J connectivity index is 1.63. The van der Waals surface area contributed by atoms with Gasteiger partial charge in [-0.05, 0) is 59.4 Å².